The first-order valence-electron chi connectivity index (χ1n) is 8.55. The molecule has 0 saturated carbocycles. The summed E-state index contributed by atoms with van der Waals surface area (Å²) >= 11 is 0. The van der Waals surface area contributed by atoms with Gasteiger partial charge in [0.05, 0.1) is 25.2 Å². The van der Waals surface area contributed by atoms with Gasteiger partial charge >= 0.3 is 0 Å². The van der Waals surface area contributed by atoms with Crippen LogP contribution < -0.4 is 14.4 Å². The number of anilines is 1. The van der Waals surface area contributed by atoms with Crippen molar-refractivity contribution in [2.24, 2.45) is 0 Å². The smallest absolute Gasteiger partial charge is 0.241 e. The van der Waals surface area contributed by atoms with Crippen molar-refractivity contribution in [1.82, 2.24) is 4.72 Å². The Morgan fingerprint density at radius 2 is 1.81 bits per heavy atom. The van der Waals surface area contributed by atoms with E-state index >= 15 is 0 Å². The van der Waals surface area contributed by atoms with Gasteiger partial charge in [0.15, 0.2) is 0 Å². The topological polar surface area (TPSA) is 67.9 Å². The molecule has 1 saturated heterocycles. The molecule has 1 N–H and O–H groups in total. The minimum absolute atomic E-state index is 0.247. The lowest BCUT2D eigenvalue weighted by Gasteiger charge is -2.28. The zero-order valence-electron chi connectivity index (χ0n) is 15.1. The highest BCUT2D eigenvalue weighted by Gasteiger charge is 2.17. The summed E-state index contributed by atoms with van der Waals surface area (Å²) in [5.41, 5.74) is 2.70. The zero-order valence-corrected chi connectivity index (χ0v) is 15.9. The third kappa shape index (κ3) is 4.35. The molecule has 1 aliphatic rings. The largest absolute Gasteiger partial charge is 0.497 e. The van der Waals surface area contributed by atoms with Crippen molar-refractivity contribution in [3.05, 3.63) is 53.6 Å². The van der Waals surface area contributed by atoms with E-state index < -0.39 is 10.0 Å². The van der Waals surface area contributed by atoms with Gasteiger partial charge in [-0.3, -0.25) is 0 Å². The Labute approximate surface area is 154 Å². The molecular formula is C19H24N2O4S. The monoisotopic (exact) mass is 376 g/mol. The van der Waals surface area contributed by atoms with E-state index in [9.17, 15) is 8.42 Å². The molecule has 0 unspecified atom stereocenters. The molecule has 3 rings (SSSR count). The molecule has 26 heavy (non-hydrogen) atoms. The van der Waals surface area contributed by atoms with E-state index in [1.54, 1.807) is 32.2 Å². The third-order valence-electron chi connectivity index (χ3n) is 4.45. The van der Waals surface area contributed by atoms with E-state index in [0.717, 1.165) is 37.6 Å². The Balaban J connectivity index is 1.66. The molecule has 1 aliphatic heterocycles. The number of ether oxygens (including phenoxy) is 2. The summed E-state index contributed by atoms with van der Waals surface area (Å²) in [5.74, 6) is 0.639. The lowest BCUT2D eigenvalue weighted by molar-refractivity contribution is 0.122. The molecule has 1 fully saturated rings. The van der Waals surface area contributed by atoms with Crippen LogP contribution in [0.25, 0.3) is 0 Å². The summed E-state index contributed by atoms with van der Waals surface area (Å²) < 4.78 is 38.3. The predicted molar refractivity (Wildman–Crippen MR) is 101 cm³/mol. The Hall–Kier alpha value is -2.09. The lowest BCUT2D eigenvalue weighted by Crippen LogP contribution is -2.36. The Morgan fingerprint density at radius 3 is 2.42 bits per heavy atom. The summed E-state index contributed by atoms with van der Waals surface area (Å²) in [6, 6.07) is 12.9. The molecular weight excluding hydrogens is 352 g/mol. The van der Waals surface area contributed by atoms with Crippen LogP contribution in [0.4, 0.5) is 5.69 Å². The van der Waals surface area contributed by atoms with Crippen molar-refractivity contribution in [2.45, 2.75) is 18.4 Å². The Bertz CT molecular complexity index is 844. The minimum atomic E-state index is -3.58. The van der Waals surface area contributed by atoms with Gasteiger partial charge in [-0.2, -0.15) is 0 Å². The maximum Gasteiger partial charge on any atom is 0.241 e. The molecule has 6 nitrogen and oxygen atoms in total. The van der Waals surface area contributed by atoms with E-state index in [2.05, 4.69) is 9.62 Å². The maximum atomic E-state index is 12.6. The summed E-state index contributed by atoms with van der Waals surface area (Å²) in [4.78, 5) is 2.53. The lowest BCUT2D eigenvalue weighted by atomic mass is 10.2. The molecule has 0 amide bonds. The molecule has 2 aromatic carbocycles. The standard InChI is InChI=1S/C19H24N2O4S/c1-15-13-18(24-2)7-8-19(15)26(22,23)20-14-16-3-5-17(6-4-16)21-9-11-25-12-10-21/h3-8,13,20H,9-12,14H2,1-2H3. The quantitative estimate of drug-likeness (QED) is 0.838. The number of hydrogen-bond acceptors (Lipinski definition) is 5. The average molecular weight is 376 g/mol. The molecule has 2 aromatic rings. The second-order valence-electron chi connectivity index (χ2n) is 6.22. The number of aryl methyl sites for hydroxylation is 1. The molecule has 0 radical (unpaired) electrons. The van der Waals surface area contributed by atoms with Crippen molar-refractivity contribution >= 4 is 15.7 Å². The van der Waals surface area contributed by atoms with Crippen LogP contribution in [0.5, 0.6) is 5.75 Å². The fourth-order valence-electron chi connectivity index (χ4n) is 2.95. The number of morpholine rings is 1. The number of nitrogens with zero attached hydrogens (tertiary/aromatic N) is 1. The first-order valence-corrected chi connectivity index (χ1v) is 10.0. The first-order chi connectivity index (χ1) is 12.5. The summed E-state index contributed by atoms with van der Waals surface area (Å²) in [6.45, 7) is 5.24. The van der Waals surface area contributed by atoms with Crippen LogP contribution in [0.3, 0.4) is 0 Å². The third-order valence-corrected chi connectivity index (χ3v) is 6.01. The Morgan fingerprint density at radius 1 is 1.12 bits per heavy atom. The zero-order chi connectivity index (χ0) is 18.6. The van der Waals surface area contributed by atoms with Crippen LogP contribution in [-0.2, 0) is 21.3 Å². The van der Waals surface area contributed by atoms with E-state index in [0.29, 0.717) is 11.3 Å². The first kappa shape index (κ1) is 18.7. The molecule has 0 atom stereocenters. The number of sulfonamides is 1. The highest BCUT2D eigenvalue weighted by molar-refractivity contribution is 7.89. The van der Waals surface area contributed by atoms with Gasteiger partial charge in [-0.15, -0.1) is 0 Å². The number of rotatable bonds is 6. The van der Waals surface area contributed by atoms with Gasteiger partial charge in [0.25, 0.3) is 0 Å². The fourth-order valence-corrected chi connectivity index (χ4v) is 4.19. The van der Waals surface area contributed by atoms with E-state index in [1.165, 1.54) is 0 Å². The fraction of sp³-hybridized carbons (Fsp3) is 0.368. The molecule has 0 aromatic heterocycles. The van der Waals surface area contributed by atoms with Gasteiger partial charge in [0.2, 0.25) is 10.0 Å². The second kappa shape index (κ2) is 8.07. The molecule has 1 heterocycles. The van der Waals surface area contributed by atoms with Gasteiger partial charge in [0.1, 0.15) is 5.75 Å². The van der Waals surface area contributed by atoms with Crippen LogP contribution in [0.2, 0.25) is 0 Å². The maximum absolute atomic E-state index is 12.6. The molecule has 140 valence electrons. The summed E-state index contributed by atoms with van der Waals surface area (Å²) in [7, 11) is -2.02. The van der Waals surface area contributed by atoms with E-state index in [-0.39, 0.29) is 11.4 Å². The van der Waals surface area contributed by atoms with Crippen LogP contribution in [0.1, 0.15) is 11.1 Å². The van der Waals surface area contributed by atoms with Crippen LogP contribution in [0, 0.1) is 6.92 Å². The van der Waals surface area contributed by atoms with Crippen molar-refractivity contribution in [3.8, 4) is 5.75 Å². The van der Waals surface area contributed by atoms with Gasteiger partial charge in [-0.1, -0.05) is 12.1 Å². The Kier molecular flexibility index (Phi) is 5.80. The van der Waals surface area contributed by atoms with E-state index in [1.807, 2.05) is 24.3 Å². The van der Waals surface area contributed by atoms with Gasteiger partial charge in [-0.05, 0) is 48.4 Å². The van der Waals surface area contributed by atoms with E-state index in [4.69, 9.17) is 9.47 Å². The summed E-state index contributed by atoms with van der Waals surface area (Å²) in [5, 5.41) is 0. The number of nitrogens with one attached hydrogen (secondary N) is 1. The summed E-state index contributed by atoms with van der Waals surface area (Å²) in [6.07, 6.45) is 0. The highest BCUT2D eigenvalue weighted by atomic mass is 32.2. The van der Waals surface area contributed by atoms with Crippen molar-refractivity contribution in [1.29, 1.82) is 0 Å². The van der Waals surface area contributed by atoms with Gasteiger partial charge < -0.3 is 14.4 Å². The molecule has 0 aliphatic carbocycles. The van der Waals surface area contributed by atoms with Crippen molar-refractivity contribution in [2.75, 3.05) is 38.3 Å². The second-order valence-corrected chi connectivity index (χ2v) is 7.96. The predicted octanol–water partition coefficient (Wildman–Crippen LogP) is 2.32. The SMILES string of the molecule is COc1ccc(S(=O)(=O)NCc2ccc(N3CCOCC3)cc2)c(C)c1. The number of hydrogen-bond donors (Lipinski definition) is 1. The number of benzene rings is 2. The molecule has 0 spiro atoms. The average Bonchev–Trinajstić information content (AvgIpc) is 2.67. The van der Waals surface area contributed by atoms with Gasteiger partial charge in [0, 0.05) is 25.3 Å². The van der Waals surface area contributed by atoms with Gasteiger partial charge in [-0.25, -0.2) is 13.1 Å². The van der Waals surface area contributed by atoms with Crippen LogP contribution in [-0.4, -0.2) is 41.8 Å². The van der Waals surface area contributed by atoms with Crippen LogP contribution >= 0.6 is 0 Å². The van der Waals surface area contributed by atoms with Crippen LogP contribution in [0.15, 0.2) is 47.4 Å². The highest BCUT2D eigenvalue weighted by Crippen LogP contribution is 2.21. The molecule has 0 bridgehead atoms. The normalized spacial score (nSPS) is 15.1. The molecule has 7 heteroatoms. The van der Waals surface area contributed by atoms with Crippen molar-refractivity contribution < 1.29 is 17.9 Å². The van der Waals surface area contributed by atoms with Crippen molar-refractivity contribution in [3.63, 3.8) is 0 Å². The minimum Gasteiger partial charge on any atom is -0.497 e. The number of methoxy groups -OCH3 is 1.